The van der Waals surface area contributed by atoms with Gasteiger partial charge in [0.15, 0.2) is 0 Å². The van der Waals surface area contributed by atoms with E-state index in [1.807, 2.05) is 16.8 Å². The fourth-order valence-electron chi connectivity index (χ4n) is 2.42. The molecule has 124 valence electrons. The van der Waals surface area contributed by atoms with Crippen LogP contribution in [-0.2, 0) is 11.3 Å². The molecule has 0 saturated carbocycles. The summed E-state index contributed by atoms with van der Waals surface area (Å²) < 4.78 is 20.3. The van der Waals surface area contributed by atoms with Crippen molar-refractivity contribution in [2.24, 2.45) is 5.73 Å². The molecule has 3 N–H and O–H groups in total. The zero-order chi connectivity index (χ0) is 17.1. The number of nitrogens with one attached hydrogen (secondary N) is 1. The van der Waals surface area contributed by atoms with Crippen LogP contribution < -0.4 is 11.1 Å². The molecule has 0 unspecified atom stereocenters. The molecule has 0 bridgehead atoms. The van der Waals surface area contributed by atoms with E-state index in [4.69, 9.17) is 10.5 Å². The first-order chi connectivity index (χ1) is 11.6. The van der Waals surface area contributed by atoms with Gasteiger partial charge in [0.2, 0.25) is 0 Å². The fraction of sp³-hybridized carbons (Fsp3) is 0.188. The molecule has 1 amide bonds. The number of ether oxygens (including phenoxy) is 1. The Morgan fingerprint density at radius 3 is 3.00 bits per heavy atom. The number of aromatic nitrogens is 3. The number of fused-ring (bicyclic) bond motifs is 1. The molecular weight excluding hydrogens is 313 g/mol. The molecule has 0 saturated heterocycles. The van der Waals surface area contributed by atoms with Crippen molar-refractivity contribution in [1.29, 1.82) is 0 Å². The Morgan fingerprint density at radius 1 is 1.42 bits per heavy atom. The standard InChI is InChI=1S/C16H16FN5O2/c1-24-7-6-22-5-3-11-13(2-4-19-16(11)22)21-15-12(14(18)23)8-10(17)9-20-15/h2-5,8-9H,6-7H2,1H3,(H2,18,23)(H,19,20,21). The van der Waals surface area contributed by atoms with Crippen LogP contribution in [0.25, 0.3) is 11.0 Å². The molecule has 0 spiro atoms. The normalized spacial score (nSPS) is 10.9. The van der Waals surface area contributed by atoms with E-state index in [2.05, 4.69) is 15.3 Å². The van der Waals surface area contributed by atoms with E-state index in [0.717, 1.165) is 23.3 Å². The van der Waals surface area contributed by atoms with Gasteiger partial charge in [0.05, 0.1) is 24.1 Å². The van der Waals surface area contributed by atoms with Crippen molar-refractivity contribution in [3.63, 3.8) is 0 Å². The van der Waals surface area contributed by atoms with Gasteiger partial charge in [-0.25, -0.2) is 14.4 Å². The lowest BCUT2D eigenvalue weighted by Gasteiger charge is -2.10. The molecule has 0 fully saturated rings. The highest BCUT2D eigenvalue weighted by Crippen LogP contribution is 2.26. The number of nitrogens with two attached hydrogens (primary N) is 1. The Bertz CT molecular complexity index is 893. The van der Waals surface area contributed by atoms with Gasteiger partial charge in [0.1, 0.15) is 17.3 Å². The van der Waals surface area contributed by atoms with Crippen molar-refractivity contribution in [3.05, 3.63) is 48.2 Å². The first-order valence-electron chi connectivity index (χ1n) is 7.25. The summed E-state index contributed by atoms with van der Waals surface area (Å²) in [7, 11) is 1.64. The van der Waals surface area contributed by atoms with Crippen LogP contribution in [0, 0.1) is 5.82 Å². The number of carbonyl (C=O) groups is 1. The number of anilines is 2. The second kappa shape index (κ2) is 6.63. The zero-order valence-electron chi connectivity index (χ0n) is 13.0. The first-order valence-corrected chi connectivity index (χ1v) is 7.25. The minimum atomic E-state index is -0.757. The van der Waals surface area contributed by atoms with E-state index >= 15 is 0 Å². The summed E-state index contributed by atoms with van der Waals surface area (Å²) in [5.41, 5.74) is 6.73. The maximum absolute atomic E-state index is 13.3. The lowest BCUT2D eigenvalue weighted by atomic mass is 10.2. The van der Waals surface area contributed by atoms with E-state index in [1.54, 1.807) is 19.4 Å². The van der Waals surface area contributed by atoms with Gasteiger partial charge >= 0.3 is 0 Å². The van der Waals surface area contributed by atoms with E-state index < -0.39 is 11.7 Å². The Labute approximate surface area is 137 Å². The second-order valence-corrected chi connectivity index (χ2v) is 5.14. The van der Waals surface area contributed by atoms with E-state index in [9.17, 15) is 9.18 Å². The number of amides is 1. The molecule has 0 aliphatic heterocycles. The summed E-state index contributed by atoms with van der Waals surface area (Å²) in [6.07, 6.45) is 4.56. The topological polar surface area (TPSA) is 95.1 Å². The van der Waals surface area contributed by atoms with Crippen molar-refractivity contribution >= 4 is 28.4 Å². The highest BCUT2D eigenvalue weighted by atomic mass is 19.1. The van der Waals surface area contributed by atoms with Crippen molar-refractivity contribution in [1.82, 2.24) is 14.5 Å². The van der Waals surface area contributed by atoms with Crippen LogP contribution in [0.2, 0.25) is 0 Å². The molecule has 7 nitrogen and oxygen atoms in total. The summed E-state index contributed by atoms with van der Waals surface area (Å²) in [4.78, 5) is 19.8. The number of nitrogens with zero attached hydrogens (tertiary/aromatic N) is 3. The Balaban J connectivity index is 1.99. The zero-order valence-corrected chi connectivity index (χ0v) is 13.0. The van der Waals surface area contributed by atoms with Gasteiger partial charge in [-0.05, 0) is 18.2 Å². The average molecular weight is 329 g/mol. The Hall–Kier alpha value is -3.00. The highest BCUT2D eigenvalue weighted by molar-refractivity contribution is 6.00. The molecule has 0 atom stereocenters. The van der Waals surface area contributed by atoms with Gasteiger partial charge in [0, 0.05) is 31.4 Å². The lowest BCUT2D eigenvalue weighted by molar-refractivity contribution is 0.100. The van der Waals surface area contributed by atoms with Crippen LogP contribution in [0.15, 0.2) is 36.8 Å². The van der Waals surface area contributed by atoms with Gasteiger partial charge in [-0.3, -0.25) is 4.79 Å². The summed E-state index contributed by atoms with van der Waals surface area (Å²) >= 11 is 0. The Kier molecular flexibility index (Phi) is 4.39. The largest absolute Gasteiger partial charge is 0.383 e. The number of hydrogen-bond acceptors (Lipinski definition) is 5. The predicted molar refractivity (Wildman–Crippen MR) is 87.6 cm³/mol. The summed E-state index contributed by atoms with van der Waals surface area (Å²) in [6.45, 7) is 1.23. The first kappa shape index (κ1) is 15.9. The Morgan fingerprint density at radius 2 is 2.25 bits per heavy atom. The summed E-state index contributed by atoms with van der Waals surface area (Å²) in [5.74, 6) is -1.19. The van der Waals surface area contributed by atoms with Crippen molar-refractivity contribution in [2.75, 3.05) is 19.0 Å². The minimum absolute atomic E-state index is 0.0150. The van der Waals surface area contributed by atoms with Gasteiger partial charge in [0.25, 0.3) is 5.91 Å². The SMILES string of the molecule is COCCn1ccc2c(Nc3ncc(F)cc3C(N)=O)ccnc21. The lowest BCUT2D eigenvalue weighted by Crippen LogP contribution is -2.14. The molecule has 3 heterocycles. The number of carbonyl (C=O) groups excluding carboxylic acids is 1. The summed E-state index contributed by atoms with van der Waals surface area (Å²) in [6, 6.07) is 4.70. The maximum atomic E-state index is 13.3. The maximum Gasteiger partial charge on any atom is 0.252 e. The fourth-order valence-corrected chi connectivity index (χ4v) is 2.42. The average Bonchev–Trinajstić information content (AvgIpc) is 2.98. The van der Waals surface area contributed by atoms with Crippen LogP contribution in [0.4, 0.5) is 15.9 Å². The molecule has 3 aromatic rings. The number of primary amides is 1. The third-order valence-electron chi connectivity index (χ3n) is 3.57. The molecular formula is C16H16FN5O2. The molecule has 0 aliphatic carbocycles. The third-order valence-corrected chi connectivity index (χ3v) is 3.57. The van der Waals surface area contributed by atoms with Crippen molar-refractivity contribution in [2.45, 2.75) is 6.54 Å². The molecule has 24 heavy (non-hydrogen) atoms. The smallest absolute Gasteiger partial charge is 0.252 e. The quantitative estimate of drug-likeness (QED) is 0.722. The monoisotopic (exact) mass is 329 g/mol. The predicted octanol–water partition coefficient (Wildman–Crippen LogP) is 2.06. The van der Waals surface area contributed by atoms with E-state index in [-0.39, 0.29) is 11.4 Å². The van der Waals surface area contributed by atoms with Crippen molar-refractivity contribution < 1.29 is 13.9 Å². The molecule has 0 aromatic carbocycles. The molecule has 8 heteroatoms. The van der Waals surface area contributed by atoms with Crippen LogP contribution in [0.5, 0.6) is 0 Å². The van der Waals surface area contributed by atoms with Gasteiger partial charge in [-0.2, -0.15) is 0 Å². The molecule has 3 rings (SSSR count). The number of hydrogen-bond donors (Lipinski definition) is 2. The van der Waals surface area contributed by atoms with Crippen LogP contribution >= 0.6 is 0 Å². The van der Waals surface area contributed by atoms with Gasteiger partial charge in [-0.15, -0.1) is 0 Å². The number of pyridine rings is 2. The number of methoxy groups -OCH3 is 1. The highest BCUT2D eigenvalue weighted by Gasteiger charge is 2.14. The number of halogens is 1. The number of rotatable bonds is 6. The van der Waals surface area contributed by atoms with Gasteiger partial charge in [-0.1, -0.05) is 0 Å². The summed E-state index contributed by atoms with van der Waals surface area (Å²) in [5, 5.41) is 3.87. The third kappa shape index (κ3) is 3.04. The molecule has 0 aliphatic rings. The van der Waals surface area contributed by atoms with Crippen molar-refractivity contribution in [3.8, 4) is 0 Å². The van der Waals surface area contributed by atoms with E-state index in [1.165, 1.54) is 0 Å². The van der Waals surface area contributed by atoms with Gasteiger partial charge < -0.3 is 20.4 Å². The van der Waals surface area contributed by atoms with Crippen LogP contribution in [0.1, 0.15) is 10.4 Å². The molecule has 0 radical (unpaired) electrons. The molecule has 3 aromatic heterocycles. The second-order valence-electron chi connectivity index (χ2n) is 5.14. The van der Waals surface area contributed by atoms with Crippen LogP contribution in [0.3, 0.4) is 0 Å². The van der Waals surface area contributed by atoms with E-state index in [0.29, 0.717) is 18.8 Å². The van der Waals surface area contributed by atoms with Crippen LogP contribution in [-0.4, -0.2) is 34.2 Å². The minimum Gasteiger partial charge on any atom is -0.383 e.